The van der Waals surface area contributed by atoms with Gasteiger partial charge in [-0.25, -0.2) is 4.98 Å². The lowest BCUT2D eigenvalue weighted by Crippen LogP contribution is -2.28. The Hall–Kier alpha value is -1.85. The van der Waals surface area contributed by atoms with Crippen molar-refractivity contribution in [3.63, 3.8) is 0 Å². The predicted molar refractivity (Wildman–Crippen MR) is 79.0 cm³/mol. The van der Waals surface area contributed by atoms with Crippen LogP contribution in [0.25, 0.3) is 11.3 Å². The number of hydrogen-bond donors (Lipinski definition) is 1. The molecule has 1 N–H and O–H groups in total. The van der Waals surface area contributed by atoms with Gasteiger partial charge in [-0.1, -0.05) is 0 Å². The molecule has 0 radical (unpaired) electrons. The van der Waals surface area contributed by atoms with E-state index < -0.39 is 0 Å². The van der Waals surface area contributed by atoms with Crippen LogP contribution in [0.2, 0.25) is 0 Å². The van der Waals surface area contributed by atoms with Gasteiger partial charge in [0, 0.05) is 18.2 Å². The van der Waals surface area contributed by atoms with E-state index in [1.54, 1.807) is 13.3 Å². The minimum atomic E-state index is 0.169. The zero-order chi connectivity index (χ0) is 14.7. The summed E-state index contributed by atoms with van der Waals surface area (Å²) in [5.74, 6) is 2.27. The van der Waals surface area contributed by atoms with Gasteiger partial charge in [-0.15, -0.1) is 0 Å². The monoisotopic (exact) mass is 288 g/mol. The summed E-state index contributed by atoms with van der Waals surface area (Å²) in [5.41, 5.74) is 0.981. The summed E-state index contributed by atoms with van der Waals surface area (Å²) in [6, 6.07) is 8.29. The first-order valence-corrected chi connectivity index (χ1v) is 7.24. The van der Waals surface area contributed by atoms with E-state index in [9.17, 15) is 0 Å². The van der Waals surface area contributed by atoms with Crippen molar-refractivity contribution in [2.45, 2.75) is 25.4 Å². The van der Waals surface area contributed by atoms with Crippen LogP contribution in [0.15, 0.2) is 34.9 Å². The minimum Gasteiger partial charge on any atom is -0.497 e. The van der Waals surface area contributed by atoms with Crippen LogP contribution in [0.1, 0.15) is 18.7 Å². The number of oxazole rings is 1. The maximum absolute atomic E-state index is 9.12. The maximum atomic E-state index is 9.12. The number of nitrogens with zero attached hydrogens (tertiary/aromatic N) is 2. The quantitative estimate of drug-likeness (QED) is 0.847. The number of aromatic nitrogens is 1. The largest absolute Gasteiger partial charge is 0.497 e. The third-order valence-electron chi connectivity index (χ3n) is 3.72. The highest BCUT2D eigenvalue weighted by molar-refractivity contribution is 5.57. The Morgan fingerprint density at radius 2 is 2.10 bits per heavy atom. The summed E-state index contributed by atoms with van der Waals surface area (Å²) in [7, 11) is 1.65. The average Bonchev–Trinajstić information content (AvgIpc) is 3.27. The van der Waals surface area contributed by atoms with E-state index >= 15 is 0 Å². The van der Waals surface area contributed by atoms with Gasteiger partial charge in [0.25, 0.3) is 0 Å². The maximum Gasteiger partial charge on any atom is 0.209 e. The van der Waals surface area contributed by atoms with Gasteiger partial charge in [-0.05, 0) is 37.1 Å². The van der Waals surface area contributed by atoms with E-state index in [1.165, 1.54) is 12.8 Å². The highest BCUT2D eigenvalue weighted by atomic mass is 16.5. The van der Waals surface area contributed by atoms with Gasteiger partial charge >= 0.3 is 0 Å². The third kappa shape index (κ3) is 3.43. The predicted octanol–water partition coefficient (Wildman–Crippen LogP) is 2.31. The van der Waals surface area contributed by atoms with Crippen LogP contribution in [0.3, 0.4) is 0 Å². The van der Waals surface area contributed by atoms with Gasteiger partial charge in [-0.3, -0.25) is 4.90 Å². The van der Waals surface area contributed by atoms with Crippen LogP contribution in [0.4, 0.5) is 0 Å². The minimum absolute atomic E-state index is 0.169. The molecule has 5 heteroatoms. The van der Waals surface area contributed by atoms with Gasteiger partial charge in [0.05, 0.1) is 26.5 Å². The molecule has 0 aliphatic heterocycles. The summed E-state index contributed by atoms with van der Waals surface area (Å²) in [6.45, 7) is 1.49. The molecule has 1 aliphatic rings. The molecule has 1 aliphatic carbocycles. The highest BCUT2D eigenvalue weighted by Gasteiger charge is 2.29. The van der Waals surface area contributed by atoms with Crippen LogP contribution in [0, 0.1) is 0 Å². The van der Waals surface area contributed by atoms with Gasteiger partial charge in [0.15, 0.2) is 5.76 Å². The van der Waals surface area contributed by atoms with Crippen molar-refractivity contribution in [3.8, 4) is 17.1 Å². The van der Waals surface area contributed by atoms with Crippen LogP contribution in [-0.4, -0.2) is 41.3 Å². The number of aliphatic hydroxyl groups is 1. The molecule has 0 atom stereocenters. The fourth-order valence-electron chi connectivity index (χ4n) is 2.40. The van der Waals surface area contributed by atoms with Crippen LogP contribution < -0.4 is 4.74 Å². The Labute approximate surface area is 124 Å². The summed E-state index contributed by atoms with van der Waals surface area (Å²) in [6.07, 6.45) is 4.15. The van der Waals surface area contributed by atoms with Gasteiger partial charge in [-0.2, -0.15) is 0 Å². The first-order valence-electron chi connectivity index (χ1n) is 7.24. The second-order valence-electron chi connectivity index (χ2n) is 5.27. The molecular formula is C16H20N2O3. The molecule has 2 aromatic rings. The lowest BCUT2D eigenvalue weighted by atomic mass is 10.2. The zero-order valence-corrected chi connectivity index (χ0v) is 12.2. The lowest BCUT2D eigenvalue weighted by Gasteiger charge is -2.18. The molecule has 0 spiro atoms. The average molecular weight is 288 g/mol. The van der Waals surface area contributed by atoms with Crippen molar-refractivity contribution in [3.05, 3.63) is 36.4 Å². The topological polar surface area (TPSA) is 58.7 Å². The molecule has 1 saturated carbocycles. The Morgan fingerprint density at radius 1 is 1.33 bits per heavy atom. The van der Waals surface area contributed by atoms with E-state index in [1.807, 2.05) is 24.3 Å². The standard InChI is InChI=1S/C16H20N2O3/c1-20-14-6-2-12(3-7-14)15-10-17-16(21-15)11-18(8-9-19)13-4-5-13/h2-3,6-7,10,13,19H,4-5,8-9,11H2,1H3. The molecule has 1 fully saturated rings. The molecule has 21 heavy (non-hydrogen) atoms. The molecule has 0 saturated heterocycles. The van der Waals surface area contributed by atoms with Crippen molar-refractivity contribution in [1.82, 2.24) is 9.88 Å². The fourth-order valence-corrected chi connectivity index (χ4v) is 2.40. The smallest absolute Gasteiger partial charge is 0.209 e. The number of ether oxygens (including phenoxy) is 1. The second kappa shape index (κ2) is 6.28. The van der Waals surface area contributed by atoms with E-state index in [0.29, 0.717) is 25.0 Å². The Balaban J connectivity index is 1.69. The van der Waals surface area contributed by atoms with Crippen LogP contribution in [-0.2, 0) is 6.54 Å². The van der Waals surface area contributed by atoms with Gasteiger partial charge in [0.1, 0.15) is 5.75 Å². The zero-order valence-electron chi connectivity index (χ0n) is 12.2. The second-order valence-corrected chi connectivity index (χ2v) is 5.27. The molecule has 3 rings (SSSR count). The third-order valence-corrected chi connectivity index (χ3v) is 3.72. The van der Waals surface area contributed by atoms with E-state index in [-0.39, 0.29) is 6.61 Å². The first kappa shape index (κ1) is 14.1. The Kier molecular flexibility index (Phi) is 4.22. The van der Waals surface area contributed by atoms with Crippen molar-refractivity contribution < 1.29 is 14.3 Å². The summed E-state index contributed by atoms with van der Waals surface area (Å²) < 4.78 is 11.0. The normalized spacial score (nSPS) is 14.6. The molecule has 0 amide bonds. The number of hydrogen-bond acceptors (Lipinski definition) is 5. The summed E-state index contributed by atoms with van der Waals surface area (Å²) in [5, 5.41) is 9.12. The number of rotatable bonds is 7. The van der Waals surface area contributed by atoms with Crippen LogP contribution in [0.5, 0.6) is 5.75 Å². The number of benzene rings is 1. The molecule has 5 nitrogen and oxygen atoms in total. The highest BCUT2D eigenvalue weighted by Crippen LogP contribution is 2.29. The summed E-state index contributed by atoms with van der Waals surface area (Å²) >= 11 is 0. The van der Waals surface area contributed by atoms with Gasteiger partial charge in [0.2, 0.25) is 5.89 Å². The van der Waals surface area contributed by atoms with Gasteiger partial charge < -0.3 is 14.3 Å². The first-order chi connectivity index (χ1) is 10.3. The molecule has 1 aromatic heterocycles. The SMILES string of the molecule is COc1ccc(-c2cnc(CN(CCO)C3CC3)o2)cc1. The fraction of sp³-hybridized carbons (Fsp3) is 0.438. The van der Waals surface area contributed by atoms with Crippen molar-refractivity contribution in [2.24, 2.45) is 0 Å². The molecule has 0 unspecified atom stereocenters. The molecule has 1 aromatic carbocycles. The number of aliphatic hydroxyl groups excluding tert-OH is 1. The van der Waals surface area contributed by atoms with Crippen molar-refractivity contribution in [1.29, 1.82) is 0 Å². The lowest BCUT2D eigenvalue weighted by molar-refractivity contribution is 0.172. The Morgan fingerprint density at radius 3 is 2.71 bits per heavy atom. The van der Waals surface area contributed by atoms with Crippen molar-refractivity contribution in [2.75, 3.05) is 20.3 Å². The van der Waals surface area contributed by atoms with E-state index in [0.717, 1.165) is 17.1 Å². The van der Waals surface area contributed by atoms with E-state index in [2.05, 4.69) is 9.88 Å². The molecule has 112 valence electrons. The molecular weight excluding hydrogens is 268 g/mol. The van der Waals surface area contributed by atoms with Crippen molar-refractivity contribution >= 4 is 0 Å². The molecule has 1 heterocycles. The Bertz CT molecular complexity index is 575. The van der Waals surface area contributed by atoms with E-state index in [4.69, 9.17) is 14.3 Å². The molecule has 0 bridgehead atoms. The number of methoxy groups -OCH3 is 1. The van der Waals surface area contributed by atoms with Crippen LogP contribution >= 0.6 is 0 Å². The summed E-state index contributed by atoms with van der Waals surface area (Å²) in [4.78, 5) is 6.57.